The van der Waals surface area contributed by atoms with Crippen LogP contribution >= 0.6 is 0 Å². The average molecular weight is 533 g/mol. The third kappa shape index (κ3) is 5.21. The maximum absolute atomic E-state index is 2.44. The third-order valence-corrected chi connectivity index (χ3v) is 7.76. The number of benzene rings is 6. The third-order valence-electron chi connectivity index (χ3n) is 7.76. The molecule has 6 rings (SSSR count). The number of anilines is 6. The molecule has 0 aliphatic carbocycles. The van der Waals surface area contributed by atoms with Gasteiger partial charge in [-0.05, 0) is 128 Å². The lowest BCUT2D eigenvalue weighted by atomic mass is 9.98. The standard InChI is InChI=1S/C39H36N2/c1-27-12-8-17-33(22-27)40(34-18-9-13-28(2)23-34)38-26-32-16-6-7-21-37(32)31(5)39(38)41(35-19-10-14-29(3)24-35)36-20-11-15-30(4)25-36/h6-26H,1-5H3. The summed E-state index contributed by atoms with van der Waals surface area (Å²) in [6.07, 6.45) is 0. The van der Waals surface area contributed by atoms with E-state index in [1.54, 1.807) is 0 Å². The van der Waals surface area contributed by atoms with Crippen molar-refractivity contribution in [3.63, 3.8) is 0 Å². The molecule has 0 bridgehead atoms. The zero-order valence-electron chi connectivity index (χ0n) is 24.5. The average Bonchev–Trinajstić information content (AvgIpc) is 2.95. The van der Waals surface area contributed by atoms with Crippen molar-refractivity contribution >= 4 is 44.9 Å². The van der Waals surface area contributed by atoms with Gasteiger partial charge in [-0.15, -0.1) is 0 Å². The van der Waals surface area contributed by atoms with E-state index in [-0.39, 0.29) is 0 Å². The largest absolute Gasteiger partial charge is 0.308 e. The van der Waals surface area contributed by atoms with Gasteiger partial charge < -0.3 is 9.80 Å². The van der Waals surface area contributed by atoms with Crippen molar-refractivity contribution in [1.29, 1.82) is 0 Å². The van der Waals surface area contributed by atoms with Crippen molar-refractivity contribution < 1.29 is 0 Å². The van der Waals surface area contributed by atoms with Crippen molar-refractivity contribution in [3.8, 4) is 0 Å². The first-order chi connectivity index (χ1) is 19.9. The van der Waals surface area contributed by atoms with Gasteiger partial charge in [0.2, 0.25) is 0 Å². The summed E-state index contributed by atoms with van der Waals surface area (Å²) in [4.78, 5) is 4.86. The molecule has 0 radical (unpaired) electrons. The van der Waals surface area contributed by atoms with Crippen LogP contribution in [0.4, 0.5) is 34.1 Å². The maximum atomic E-state index is 2.44. The van der Waals surface area contributed by atoms with Gasteiger partial charge in [0.15, 0.2) is 0 Å². The Morgan fingerprint density at radius 3 is 1.24 bits per heavy atom. The number of hydrogen-bond acceptors (Lipinski definition) is 2. The number of nitrogens with zero attached hydrogens (tertiary/aromatic N) is 2. The normalized spacial score (nSPS) is 11.0. The monoisotopic (exact) mass is 532 g/mol. The van der Waals surface area contributed by atoms with Crippen LogP contribution in [0.1, 0.15) is 27.8 Å². The Morgan fingerprint density at radius 1 is 0.390 bits per heavy atom. The molecule has 0 heterocycles. The topological polar surface area (TPSA) is 6.48 Å². The van der Waals surface area contributed by atoms with Crippen LogP contribution in [0.3, 0.4) is 0 Å². The first-order valence-corrected chi connectivity index (χ1v) is 14.3. The van der Waals surface area contributed by atoms with Gasteiger partial charge in [-0.25, -0.2) is 0 Å². The molecule has 0 unspecified atom stereocenters. The predicted molar refractivity (Wildman–Crippen MR) is 177 cm³/mol. The van der Waals surface area contributed by atoms with E-state index in [0.717, 1.165) is 28.4 Å². The van der Waals surface area contributed by atoms with Gasteiger partial charge in [0.05, 0.1) is 11.4 Å². The second-order valence-corrected chi connectivity index (χ2v) is 11.1. The molecule has 0 amide bonds. The molecule has 0 aliphatic heterocycles. The highest BCUT2D eigenvalue weighted by molar-refractivity contribution is 6.03. The molecule has 0 spiro atoms. The van der Waals surface area contributed by atoms with E-state index in [1.165, 1.54) is 44.3 Å². The molecule has 2 nitrogen and oxygen atoms in total. The second kappa shape index (κ2) is 11.0. The molecular weight excluding hydrogens is 496 g/mol. The summed E-state index contributed by atoms with van der Waals surface area (Å²) < 4.78 is 0. The second-order valence-electron chi connectivity index (χ2n) is 11.1. The molecule has 0 N–H and O–H groups in total. The fourth-order valence-corrected chi connectivity index (χ4v) is 5.86. The molecule has 2 heteroatoms. The van der Waals surface area contributed by atoms with Gasteiger partial charge in [-0.3, -0.25) is 0 Å². The first-order valence-electron chi connectivity index (χ1n) is 14.3. The molecule has 0 aromatic heterocycles. The fraction of sp³-hybridized carbons (Fsp3) is 0.128. The van der Waals surface area contributed by atoms with Crippen molar-refractivity contribution in [2.75, 3.05) is 9.80 Å². The highest BCUT2D eigenvalue weighted by Gasteiger charge is 2.25. The van der Waals surface area contributed by atoms with E-state index in [9.17, 15) is 0 Å². The maximum Gasteiger partial charge on any atom is 0.0738 e. The summed E-state index contributed by atoms with van der Waals surface area (Å²) in [6, 6.07) is 46.4. The Balaban J connectivity index is 1.75. The molecule has 0 aliphatic rings. The summed E-state index contributed by atoms with van der Waals surface area (Å²) in [6.45, 7) is 10.9. The van der Waals surface area contributed by atoms with Crippen LogP contribution in [0.15, 0.2) is 127 Å². The summed E-state index contributed by atoms with van der Waals surface area (Å²) >= 11 is 0. The lowest BCUT2D eigenvalue weighted by Crippen LogP contribution is -2.18. The van der Waals surface area contributed by atoms with Crippen molar-refractivity contribution in [2.45, 2.75) is 34.6 Å². The number of hydrogen-bond donors (Lipinski definition) is 0. The zero-order valence-corrected chi connectivity index (χ0v) is 24.5. The van der Waals surface area contributed by atoms with E-state index >= 15 is 0 Å². The van der Waals surface area contributed by atoms with E-state index in [1.807, 2.05) is 0 Å². The van der Waals surface area contributed by atoms with Gasteiger partial charge in [0.1, 0.15) is 0 Å². The van der Waals surface area contributed by atoms with Crippen molar-refractivity contribution in [1.82, 2.24) is 0 Å². The Labute approximate surface area is 244 Å². The van der Waals surface area contributed by atoms with Gasteiger partial charge in [0, 0.05) is 22.7 Å². The SMILES string of the molecule is Cc1cccc(N(c2cccc(C)c2)c2cc3ccccc3c(C)c2N(c2cccc(C)c2)c2cccc(C)c2)c1. The Kier molecular flexibility index (Phi) is 7.07. The van der Waals surface area contributed by atoms with Gasteiger partial charge in [0.25, 0.3) is 0 Å². The van der Waals surface area contributed by atoms with Gasteiger partial charge >= 0.3 is 0 Å². The van der Waals surface area contributed by atoms with E-state index in [4.69, 9.17) is 0 Å². The minimum Gasteiger partial charge on any atom is -0.308 e. The molecular formula is C39H36N2. The molecule has 0 atom stereocenters. The van der Waals surface area contributed by atoms with Crippen LogP contribution in [-0.4, -0.2) is 0 Å². The Bertz CT molecular complexity index is 1780. The predicted octanol–water partition coefficient (Wildman–Crippen LogP) is 11.3. The molecule has 0 fully saturated rings. The van der Waals surface area contributed by atoms with Crippen LogP contribution in [0.2, 0.25) is 0 Å². The van der Waals surface area contributed by atoms with E-state index in [2.05, 4.69) is 172 Å². The van der Waals surface area contributed by atoms with Crippen LogP contribution in [0, 0.1) is 34.6 Å². The smallest absolute Gasteiger partial charge is 0.0738 e. The highest BCUT2D eigenvalue weighted by Crippen LogP contribution is 2.49. The molecule has 6 aromatic carbocycles. The number of aryl methyl sites for hydroxylation is 5. The van der Waals surface area contributed by atoms with Crippen LogP contribution in [0.25, 0.3) is 10.8 Å². The minimum atomic E-state index is 1.14. The summed E-state index contributed by atoms with van der Waals surface area (Å²) in [7, 11) is 0. The van der Waals surface area contributed by atoms with Crippen molar-refractivity contribution in [2.24, 2.45) is 0 Å². The fourth-order valence-electron chi connectivity index (χ4n) is 5.86. The molecule has 0 saturated carbocycles. The number of rotatable bonds is 6. The minimum absolute atomic E-state index is 1.14. The number of fused-ring (bicyclic) bond motifs is 1. The summed E-state index contributed by atoms with van der Waals surface area (Å²) in [5.41, 5.74) is 13.0. The summed E-state index contributed by atoms with van der Waals surface area (Å²) in [5.74, 6) is 0. The summed E-state index contributed by atoms with van der Waals surface area (Å²) in [5, 5.41) is 2.48. The van der Waals surface area contributed by atoms with Crippen LogP contribution < -0.4 is 9.80 Å². The lowest BCUT2D eigenvalue weighted by molar-refractivity contribution is 1.20. The lowest BCUT2D eigenvalue weighted by Gasteiger charge is -2.35. The zero-order chi connectivity index (χ0) is 28.5. The highest BCUT2D eigenvalue weighted by atomic mass is 15.2. The molecule has 41 heavy (non-hydrogen) atoms. The van der Waals surface area contributed by atoms with Crippen LogP contribution in [-0.2, 0) is 0 Å². The molecule has 6 aromatic rings. The van der Waals surface area contributed by atoms with E-state index < -0.39 is 0 Å². The molecule has 0 saturated heterocycles. The van der Waals surface area contributed by atoms with Gasteiger partial charge in [-0.1, -0.05) is 72.8 Å². The van der Waals surface area contributed by atoms with E-state index in [0.29, 0.717) is 0 Å². The van der Waals surface area contributed by atoms with Gasteiger partial charge in [-0.2, -0.15) is 0 Å². The van der Waals surface area contributed by atoms with Crippen molar-refractivity contribution in [3.05, 3.63) is 155 Å². The molecule has 202 valence electrons. The van der Waals surface area contributed by atoms with Crippen LogP contribution in [0.5, 0.6) is 0 Å². The quantitative estimate of drug-likeness (QED) is 0.210. The Morgan fingerprint density at radius 2 is 0.805 bits per heavy atom. The Hall–Kier alpha value is -4.82. The first kappa shape index (κ1) is 26.4.